The predicted octanol–water partition coefficient (Wildman–Crippen LogP) is 8.99. The van der Waals surface area contributed by atoms with E-state index in [0.717, 1.165) is 128 Å². The zero-order valence-electron chi connectivity index (χ0n) is 55.2. The number of aliphatic hydroxyl groups excluding tert-OH is 11. The smallest absolute Gasteiger partial charge is 0.220 e. The van der Waals surface area contributed by atoms with Gasteiger partial charge in [-0.2, -0.15) is 0 Å². The summed E-state index contributed by atoms with van der Waals surface area (Å²) in [6.07, 6.45) is 48.0. The molecule has 0 spiro atoms. The third kappa shape index (κ3) is 34.6. The Morgan fingerprint density at radius 2 is 0.750 bits per heavy atom. The van der Waals surface area contributed by atoms with Crippen LogP contribution in [0.2, 0.25) is 0 Å². The Morgan fingerprint density at radius 1 is 0.402 bits per heavy atom. The van der Waals surface area contributed by atoms with Crippen LogP contribution in [0.25, 0.3) is 0 Å². The molecular formula is C73H119NO18. The fourth-order valence-corrected chi connectivity index (χ4v) is 10.6. The van der Waals surface area contributed by atoms with Crippen LogP contribution < -0.4 is 5.32 Å². The Hall–Kier alpha value is -4.07. The molecular weight excluding hydrogens is 1180 g/mol. The molecule has 524 valence electrons. The maximum absolute atomic E-state index is 13.3. The van der Waals surface area contributed by atoms with Crippen molar-refractivity contribution >= 4 is 5.91 Å². The monoisotopic (exact) mass is 1300 g/mol. The van der Waals surface area contributed by atoms with Crippen LogP contribution in [0.1, 0.15) is 187 Å². The lowest BCUT2D eigenvalue weighted by molar-refractivity contribution is -0.379. The Morgan fingerprint density at radius 3 is 1.17 bits per heavy atom. The molecule has 17 unspecified atom stereocenters. The average Bonchev–Trinajstić information content (AvgIpc) is 0.817. The maximum Gasteiger partial charge on any atom is 0.220 e. The number of aliphatic hydroxyl groups is 11. The van der Waals surface area contributed by atoms with E-state index in [1.165, 1.54) is 32.1 Å². The summed E-state index contributed by atoms with van der Waals surface area (Å²) in [5.41, 5.74) is 0. The second-order valence-corrected chi connectivity index (χ2v) is 23.9. The molecule has 0 aromatic rings. The van der Waals surface area contributed by atoms with Gasteiger partial charge in [-0.3, -0.25) is 4.79 Å². The van der Waals surface area contributed by atoms with Crippen molar-refractivity contribution in [3.05, 3.63) is 134 Å². The number of nitrogens with one attached hydrogen (secondary N) is 1. The van der Waals surface area contributed by atoms with Gasteiger partial charge in [-0.05, 0) is 96.3 Å². The van der Waals surface area contributed by atoms with Gasteiger partial charge in [0, 0.05) is 6.42 Å². The van der Waals surface area contributed by atoms with Gasteiger partial charge >= 0.3 is 0 Å². The van der Waals surface area contributed by atoms with E-state index in [1.54, 1.807) is 6.08 Å². The van der Waals surface area contributed by atoms with Crippen LogP contribution in [0.15, 0.2) is 134 Å². The lowest BCUT2D eigenvalue weighted by atomic mass is 9.96. The van der Waals surface area contributed by atoms with E-state index in [2.05, 4.69) is 141 Å². The third-order valence-corrected chi connectivity index (χ3v) is 16.2. The van der Waals surface area contributed by atoms with Crippen LogP contribution in [-0.2, 0) is 33.2 Å². The lowest BCUT2D eigenvalue weighted by Gasteiger charge is -2.48. The Labute approximate surface area is 550 Å². The molecule has 3 rings (SSSR count). The first-order chi connectivity index (χ1) is 44.8. The van der Waals surface area contributed by atoms with Crippen molar-refractivity contribution in [1.82, 2.24) is 5.32 Å². The van der Waals surface area contributed by atoms with E-state index in [4.69, 9.17) is 28.4 Å². The van der Waals surface area contributed by atoms with Gasteiger partial charge in [0.2, 0.25) is 5.91 Å². The van der Waals surface area contributed by atoms with Crippen LogP contribution >= 0.6 is 0 Å². The van der Waals surface area contributed by atoms with E-state index >= 15 is 0 Å². The number of hydrogen-bond acceptors (Lipinski definition) is 18. The summed E-state index contributed by atoms with van der Waals surface area (Å²) >= 11 is 0. The quantitative estimate of drug-likeness (QED) is 0.0200. The fraction of sp³-hybridized carbons (Fsp3) is 0.685. The number of hydrogen-bond donors (Lipinski definition) is 12. The summed E-state index contributed by atoms with van der Waals surface area (Å²) < 4.78 is 34.1. The van der Waals surface area contributed by atoms with E-state index in [0.29, 0.717) is 6.42 Å². The minimum absolute atomic E-state index is 0.228. The molecule has 3 aliphatic heterocycles. The highest BCUT2D eigenvalue weighted by Crippen LogP contribution is 2.33. The number of carbonyl (C=O) groups is 1. The second-order valence-electron chi connectivity index (χ2n) is 23.9. The summed E-state index contributed by atoms with van der Waals surface area (Å²) in [4.78, 5) is 13.3. The van der Waals surface area contributed by atoms with Crippen molar-refractivity contribution in [3.63, 3.8) is 0 Å². The van der Waals surface area contributed by atoms with Crippen LogP contribution in [0.3, 0.4) is 0 Å². The Balaban J connectivity index is 1.27. The van der Waals surface area contributed by atoms with Gasteiger partial charge in [-0.25, -0.2) is 0 Å². The second kappa shape index (κ2) is 53.1. The number of unbranched alkanes of at least 4 members (excludes halogenated alkanes) is 14. The third-order valence-electron chi connectivity index (χ3n) is 16.2. The number of carbonyl (C=O) groups excluding carboxylic acids is 1. The largest absolute Gasteiger partial charge is 0.394 e. The van der Waals surface area contributed by atoms with E-state index in [1.807, 2.05) is 6.08 Å². The van der Waals surface area contributed by atoms with Gasteiger partial charge < -0.3 is 89.9 Å². The summed E-state index contributed by atoms with van der Waals surface area (Å²) in [5.74, 6) is -0.293. The SMILES string of the molecule is CC/C=C\C/C=C\C/C=C\C/C=C\C/C=C\C/C=C\C/C=C\C/C=C\C/C=C\C/C=C\CCCCCCCCCCCCC(=O)NC(COC1OC(CO)C(OC2OC(CO)C(OC3OC(CO)C(O)C(O)C3O)C(O)C2O)C(O)C1O)C(O)/C=C/CCCCCC. The molecule has 19 heteroatoms. The first-order valence-corrected chi connectivity index (χ1v) is 34.4. The maximum atomic E-state index is 13.3. The molecule has 0 aliphatic carbocycles. The molecule has 3 aliphatic rings. The summed E-state index contributed by atoms with van der Waals surface area (Å²) in [7, 11) is 0. The molecule has 0 radical (unpaired) electrons. The number of rotatable bonds is 50. The van der Waals surface area contributed by atoms with E-state index in [-0.39, 0.29) is 18.9 Å². The van der Waals surface area contributed by atoms with Crippen molar-refractivity contribution in [1.29, 1.82) is 0 Å². The first-order valence-electron chi connectivity index (χ1n) is 34.4. The predicted molar refractivity (Wildman–Crippen MR) is 359 cm³/mol. The van der Waals surface area contributed by atoms with E-state index in [9.17, 15) is 61.0 Å². The molecule has 0 bridgehead atoms. The van der Waals surface area contributed by atoms with Crippen LogP contribution in [-0.4, -0.2) is 193 Å². The van der Waals surface area contributed by atoms with Crippen LogP contribution in [0, 0.1) is 0 Å². The van der Waals surface area contributed by atoms with Gasteiger partial charge in [-0.1, -0.05) is 218 Å². The van der Waals surface area contributed by atoms with Crippen molar-refractivity contribution in [3.8, 4) is 0 Å². The number of allylic oxidation sites excluding steroid dienone is 21. The first kappa shape index (κ1) is 82.2. The van der Waals surface area contributed by atoms with Crippen LogP contribution in [0.4, 0.5) is 0 Å². The normalized spacial score (nSPS) is 28.6. The number of amides is 1. The van der Waals surface area contributed by atoms with Gasteiger partial charge in [0.05, 0.1) is 38.6 Å². The zero-order chi connectivity index (χ0) is 66.8. The minimum atomic E-state index is -1.98. The highest BCUT2D eigenvalue weighted by Gasteiger charge is 2.53. The highest BCUT2D eigenvalue weighted by molar-refractivity contribution is 5.76. The highest BCUT2D eigenvalue weighted by atomic mass is 16.8. The summed E-state index contributed by atoms with van der Waals surface area (Å²) in [6.45, 7) is 1.48. The molecule has 12 N–H and O–H groups in total. The topological polar surface area (TPSA) is 307 Å². The molecule has 3 fully saturated rings. The van der Waals surface area contributed by atoms with E-state index < -0.39 is 124 Å². The molecule has 92 heavy (non-hydrogen) atoms. The van der Waals surface area contributed by atoms with Crippen LogP contribution in [0.5, 0.6) is 0 Å². The zero-order valence-corrected chi connectivity index (χ0v) is 55.2. The number of ether oxygens (including phenoxy) is 6. The standard InChI is InChI=1S/C73H119NO18/c1-3-5-7-9-11-12-13-14-15-16-17-18-19-20-21-22-23-24-25-26-27-28-29-30-31-32-33-34-35-36-37-38-39-40-41-42-43-44-45-47-49-51-61(79)74-56(57(78)50-48-46-10-8-6-4-2)55-87-71-67(85)64(82)69(59(53-76)89-71)92-73-68(86)65(83)70(60(54-77)90-73)91-72-66(84)63(81)62(80)58(52-75)88-72/h5,7,11-12,14-15,17-18,20-21,23-24,26-27,29-30,32-33,35-36,48,50,56-60,62-73,75-78,80-86H,3-4,6,8-10,13,16,19,22,25,28,31,34,37-47,49,51-55H2,1-2H3,(H,74,79)/b7-5-,12-11-,15-14-,18-17-,21-20-,24-23-,27-26-,30-29-,33-32-,36-35-,50-48+. The van der Waals surface area contributed by atoms with Crippen molar-refractivity contribution < 1.29 is 89.4 Å². The molecule has 19 nitrogen and oxygen atoms in total. The molecule has 0 aromatic heterocycles. The van der Waals surface area contributed by atoms with Gasteiger partial charge in [0.15, 0.2) is 18.9 Å². The molecule has 1 amide bonds. The van der Waals surface area contributed by atoms with Crippen molar-refractivity contribution in [2.75, 3.05) is 26.4 Å². The van der Waals surface area contributed by atoms with Crippen molar-refractivity contribution in [2.45, 2.75) is 291 Å². The molecule has 0 aromatic carbocycles. The fourth-order valence-electron chi connectivity index (χ4n) is 10.6. The minimum Gasteiger partial charge on any atom is -0.394 e. The Kier molecular flexibility index (Phi) is 47.4. The molecule has 3 heterocycles. The molecule has 0 saturated carbocycles. The summed E-state index contributed by atoms with van der Waals surface area (Å²) in [6, 6.07) is -0.980. The molecule has 3 saturated heterocycles. The van der Waals surface area contributed by atoms with Gasteiger partial charge in [-0.15, -0.1) is 0 Å². The Bertz CT molecular complexity index is 2190. The van der Waals surface area contributed by atoms with Crippen molar-refractivity contribution in [2.24, 2.45) is 0 Å². The molecule has 17 atom stereocenters. The lowest BCUT2D eigenvalue weighted by Crippen LogP contribution is -2.66. The van der Waals surface area contributed by atoms with Gasteiger partial charge in [0.1, 0.15) is 73.2 Å². The van der Waals surface area contributed by atoms with Gasteiger partial charge in [0.25, 0.3) is 0 Å². The summed E-state index contributed by atoms with van der Waals surface area (Å²) in [5, 5.41) is 120. The average molecular weight is 1300 g/mol.